The van der Waals surface area contributed by atoms with Crippen molar-refractivity contribution in [3.05, 3.63) is 21.8 Å². The lowest BCUT2D eigenvalue weighted by atomic mass is 10.0. The number of primary amides is 1. The Hall–Kier alpha value is -0.590. The van der Waals surface area contributed by atoms with Crippen LogP contribution in [0.2, 0.25) is 0 Å². The third kappa shape index (κ3) is 6.46. The highest BCUT2D eigenvalue weighted by molar-refractivity contribution is 14.1. The second-order valence-electron chi connectivity index (χ2n) is 5.63. The SMILES string of the molecule is CNC(=O)CC(=O)Nc1c(I)c(C(N)=O)c(I)c(C(=O)CCC(O)CO)c1I. The predicted molar refractivity (Wildman–Crippen MR) is 127 cm³/mol. The molecule has 0 bridgehead atoms. The molecule has 3 amide bonds. The normalized spacial score (nSPS) is 11.6. The zero-order chi connectivity index (χ0) is 21.6. The zero-order valence-corrected chi connectivity index (χ0v) is 21.1. The summed E-state index contributed by atoms with van der Waals surface area (Å²) in [7, 11) is 1.40. The Morgan fingerprint density at radius 3 is 2.11 bits per heavy atom. The molecule has 9 nitrogen and oxygen atoms in total. The summed E-state index contributed by atoms with van der Waals surface area (Å²) in [4.78, 5) is 48.2. The highest BCUT2D eigenvalue weighted by atomic mass is 127. The fourth-order valence-electron chi connectivity index (χ4n) is 2.17. The van der Waals surface area contributed by atoms with Crippen molar-refractivity contribution in [2.75, 3.05) is 19.0 Å². The van der Waals surface area contributed by atoms with E-state index in [1.165, 1.54) is 7.05 Å². The molecule has 1 unspecified atom stereocenters. The smallest absolute Gasteiger partial charge is 0.250 e. The van der Waals surface area contributed by atoms with Gasteiger partial charge in [0.05, 0.1) is 27.5 Å². The number of ketones is 1. The molecule has 0 aliphatic rings. The highest BCUT2D eigenvalue weighted by Crippen LogP contribution is 2.36. The molecule has 0 heterocycles. The van der Waals surface area contributed by atoms with Crippen molar-refractivity contribution in [2.45, 2.75) is 25.4 Å². The van der Waals surface area contributed by atoms with Gasteiger partial charge in [-0.15, -0.1) is 0 Å². The quantitative estimate of drug-likeness (QED) is 0.145. The molecule has 0 aliphatic heterocycles. The first-order valence-corrected chi connectivity index (χ1v) is 11.1. The van der Waals surface area contributed by atoms with Gasteiger partial charge in [-0.3, -0.25) is 19.2 Å². The van der Waals surface area contributed by atoms with Crippen LogP contribution >= 0.6 is 67.8 Å². The number of aliphatic hydroxyl groups is 2. The second kappa shape index (κ2) is 11.6. The van der Waals surface area contributed by atoms with Gasteiger partial charge in [0.25, 0.3) is 5.91 Å². The van der Waals surface area contributed by atoms with Crippen molar-refractivity contribution in [2.24, 2.45) is 5.73 Å². The molecule has 0 fully saturated rings. The number of halogens is 3. The van der Waals surface area contributed by atoms with Crippen LogP contribution in [0.5, 0.6) is 0 Å². The zero-order valence-electron chi connectivity index (χ0n) is 14.6. The minimum Gasteiger partial charge on any atom is -0.394 e. The number of aliphatic hydroxyl groups excluding tert-OH is 2. The van der Waals surface area contributed by atoms with E-state index in [0.29, 0.717) is 10.7 Å². The van der Waals surface area contributed by atoms with Crippen molar-refractivity contribution in [3.63, 3.8) is 0 Å². The summed E-state index contributed by atoms with van der Waals surface area (Å²) in [5, 5.41) is 23.3. The number of carbonyl (C=O) groups is 4. The van der Waals surface area contributed by atoms with E-state index in [9.17, 15) is 24.3 Å². The fourth-order valence-corrected chi connectivity index (χ4v) is 6.74. The van der Waals surface area contributed by atoms with Crippen molar-refractivity contribution < 1.29 is 29.4 Å². The monoisotopic (exact) mass is 729 g/mol. The molecule has 12 heteroatoms. The number of Topliss-reactive ketones (excluding diaryl/α,β-unsaturated/α-hetero) is 1. The molecule has 1 atom stereocenters. The Labute approximate surface area is 202 Å². The van der Waals surface area contributed by atoms with Crippen LogP contribution in [-0.4, -0.2) is 53.5 Å². The van der Waals surface area contributed by atoms with Crippen LogP contribution in [0.4, 0.5) is 5.69 Å². The van der Waals surface area contributed by atoms with E-state index < -0.39 is 36.9 Å². The number of nitrogens with one attached hydrogen (secondary N) is 2. The summed E-state index contributed by atoms with van der Waals surface area (Å²) in [6, 6.07) is 0. The van der Waals surface area contributed by atoms with Crippen LogP contribution in [0.25, 0.3) is 0 Å². The van der Waals surface area contributed by atoms with Gasteiger partial charge in [0, 0.05) is 26.2 Å². The average Bonchev–Trinajstić information content (AvgIpc) is 2.62. The summed E-state index contributed by atoms with van der Waals surface area (Å²) in [5.74, 6) is -2.24. The van der Waals surface area contributed by atoms with E-state index in [1.54, 1.807) is 0 Å². The summed E-state index contributed by atoms with van der Waals surface area (Å²) in [6.07, 6.45) is -1.49. The number of nitrogens with two attached hydrogens (primary N) is 1. The van der Waals surface area contributed by atoms with Crippen LogP contribution < -0.4 is 16.4 Å². The third-order valence-corrected chi connectivity index (χ3v) is 6.86. The standard InChI is InChI=1S/C16H18I3N3O6/c1-21-8(26)4-9(27)22-15-13(18)10(7(25)3-2-6(24)5-23)12(17)11(14(15)19)16(20)28/h6,23-24H,2-5H2,1H3,(H2,20,28)(H,21,26)(H,22,27). The molecule has 0 saturated carbocycles. The first kappa shape index (κ1) is 25.4. The van der Waals surface area contributed by atoms with E-state index in [2.05, 4.69) is 10.6 Å². The molecule has 1 rings (SSSR count). The van der Waals surface area contributed by atoms with Crippen molar-refractivity contribution in [3.8, 4) is 0 Å². The van der Waals surface area contributed by atoms with Crippen molar-refractivity contribution in [1.82, 2.24) is 5.32 Å². The van der Waals surface area contributed by atoms with Crippen LogP contribution in [0, 0.1) is 10.7 Å². The molecule has 28 heavy (non-hydrogen) atoms. The predicted octanol–water partition coefficient (Wildman–Crippen LogP) is 0.990. The average molecular weight is 729 g/mol. The maximum absolute atomic E-state index is 12.7. The first-order valence-electron chi connectivity index (χ1n) is 7.87. The number of rotatable bonds is 9. The van der Waals surface area contributed by atoms with Crippen LogP contribution in [-0.2, 0) is 9.59 Å². The summed E-state index contributed by atoms with van der Waals surface area (Å²) in [6.45, 7) is -0.471. The molecular formula is C16H18I3N3O6. The van der Waals surface area contributed by atoms with Gasteiger partial charge in [-0.25, -0.2) is 0 Å². The topological polar surface area (TPSA) is 159 Å². The fraction of sp³-hybridized carbons (Fsp3) is 0.375. The maximum atomic E-state index is 12.7. The Bertz CT molecular complexity index is 816. The van der Waals surface area contributed by atoms with Crippen LogP contribution in [0.1, 0.15) is 40.0 Å². The number of amides is 3. The molecule has 6 N–H and O–H groups in total. The lowest BCUT2D eigenvalue weighted by Gasteiger charge is -2.18. The van der Waals surface area contributed by atoms with Gasteiger partial charge in [-0.05, 0) is 74.2 Å². The minimum atomic E-state index is -1.04. The Balaban J connectivity index is 3.42. The molecule has 0 spiro atoms. The van der Waals surface area contributed by atoms with E-state index in [-0.39, 0.29) is 35.4 Å². The molecule has 1 aromatic carbocycles. The van der Waals surface area contributed by atoms with E-state index in [0.717, 1.165) is 0 Å². The molecule has 1 aromatic rings. The number of anilines is 1. The molecular weight excluding hydrogens is 711 g/mol. The van der Waals surface area contributed by atoms with Gasteiger partial charge in [-0.2, -0.15) is 0 Å². The minimum absolute atomic E-state index is 0.0394. The molecule has 154 valence electrons. The van der Waals surface area contributed by atoms with E-state index in [1.807, 2.05) is 67.8 Å². The summed E-state index contributed by atoms with van der Waals surface area (Å²) in [5.41, 5.74) is 5.96. The molecule has 0 radical (unpaired) electrons. The number of hydrogen-bond acceptors (Lipinski definition) is 6. The van der Waals surface area contributed by atoms with Crippen LogP contribution in [0.15, 0.2) is 0 Å². The van der Waals surface area contributed by atoms with Gasteiger partial charge >= 0.3 is 0 Å². The Kier molecular flexibility index (Phi) is 10.5. The number of hydrogen-bond donors (Lipinski definition) is 5. The number of carbonyl (C=O) groups excluding carboxylic acids is 4. The Morgan fingerprint density at radius 1 is 1.04 bits per heavy atom. The van der Waals surface area contributed by atoms with E-state index >= 15 is 0 Å². The molecule has 0 aliphatic carbocycles. The third-order valence-electron chi connectivity index (χ3n) is 3.62. The van der Waals surface area contributed by atoms with Crippen molar-refractivity contribution >= 4 is 97.0 Å². The summed E-state index contributed by atoms with van der Waals surface area (Å²) < 4.78 is 1.09. The highest BCUT2D eigenvalue weighted by Gasteiger charge is 2.27. The lowest BCUT2D eigenvalue weighted by Crippen LogP contribution is -2.27. The van der Waals surface area contributed by atoms with Gasteiger partial charge in [0.2, 0.25) is 11.8 Å². The van der Waals surface area contributed by atoms with E-state index in [4.69, 9.17) is 10.8 Å². The van der Waals surface area contributed by atoms with Gasteiger partial charge in [-0.1, -0.05) is 0 Å². The second-order valence-corrected chi connectivity index (χ2v) is 8.86. The maximum Gasteiger partial charge on any atom is 0.250 e. The molecule has 0 aromatic heterocycles. The Morgan fingerprint density at radius 2 is 1.61 bits per heavy atom. The van der Waals surface area contributed by atoms with Crippen molar-refractivity contribution in [1.29, 1.82) is 0 Å². The van der Waals surface area contributed by atoms with Gasteiger partial charge < -0.3 is 26.6 Å². The van der Waals surface area contributed by atoms with Gasteiger partial charge in [0.15, 0.2) is 5.78 Å². The summed E-state index contributed by atoms with van der Waals surface area (Å²) >= 11 is 5.58. The lowest BCUT2D eigenvalue weighted by molar-refractivity contribution is -0.126. The molecule has 0 saturated heterocycles. The first-order chi connectivity index (χ1) is 13.0. The van der Waals surface area contributed by atoms with Crippen LogP contribution in [0.3, 0.4) is 0 Å². The largest absolute Gasteiger partial charge is 0.394 e. The van der Waals surface area contributed by atoms with Gasteiger partial charge in [0.1, 0.15) is 6.42 Å². The number of benzene rings is 1.